The third-order valence-electron chi connectivity index (χ3n) is 15.1. The Bertz CT molecular complexity index is 3240. The van der Waals surface area contributed by atoms with Gasteiger partial charge in [0.05, 0.1) is 0 Å². The first-order valence-electron chi connectivity index (χ1n) is 24.1. The number of hydrogen-bond acceptors (Lipinski definition) is 2. The molecule has 65 heavy (non-hydrogen) atoms. The quantitative estimate of drug-likeness (QED) is 0.161. The van der Waals surface area contributed by atoms with Crippen LogP contribution in [0.3, 0.4) is 0 Å². The van der Waals surface area contributed by atoms with Gasteiger partial charge < -0.3 is 4.90 Å². The second-order valence-corrected chi connectivity index (χ2v) is 20.6. The lowest BCUT2D eigenvalue weighted by Crippen LogP contribution is -2.20. The minimum Gasteiger partial charge on any atom is -0.310 e. The van der Waals surface area contributed by atoms with Gasteiger partial charge in [-0.3, -0.25) is 0 Å². The fourth-order valence-electron chi connectivity index (χ4n) is 11.9. The molecule has 0 aliphatic heterocycles. The van der Waals surface area contributed by atoms with E-state index in [0.29, 0.717) is 5.92 Å². The fourth-order valence-corrected chi connectivity index (χ4v) is 13.0. The lowest BCUT2D eigenvalue weighted by atomic mass is 9.72. The normalized spacial score (nSPS) is 18.7. The van der Waals surface area contributed by atoms with Crippen molar-refractivity contribution in [2.75, 3.05) is 4.90 Å². The monoisotopic (exact) mass is 861 g/mol. The summed E-state index contributed by atoms with van der Waals surface area (Å²) in [5, 5.41) is 2.67. The van der Waals surface area contributed by atoms with Crippen molar-refractivity contribution in [2.45, 2.75) is 86.0 Å². The van der Waals surface area contributed by atoms with Crippen molar-refractivity contribution in [1.29, 1.82) is 0 Å². The topological polar surface area (TPSA) is 3.24 Å². The molecule has 0 radical (unpaired) electrons. The molecule has 2 heteroatoms. The molecule has 1 aromatic heterocycles. The van der Waals surface area contributed by atoms with Gasteiger partial charge in [-0.15, -0.1) is 11.3 Å². The fraction of sp³-hybridized carbons (Fsp3) is 0.238. The van der Waals surface area contributed by atoms with Crippen LogP contribution >= 0.6 is 11.3 Å². The molecule has 1 unspecified atom stereocenters. The zero-order chi connectivity index (χ0) is 44.6. The van der Waals surface area contributed by atoms with Crippen LogP contribution in [0.25, 0.3) is 53.6 Å². The summed E-state index contributed by atoms with van der Waals surface area (Å²) in [6, 6.07) is 48.7. The molecule has 0 saturated carbocycles. The van der Waals surface area contributed by atoms with Crippen LogP contribution in [-0.2, 0) is 5.41 Å². The Morgan fingerprint density at radius 3 is 1.98 bits per heavy atom. The van der Waals surface area contributed by atoms with Gasteiger partial charge in [-0.2, -0.15) is 0 Å². The molecule has 0 saturated heterocycles. The maximum absolute atomic E-state index is 2.55. The third kappa shape index (κ3) is 6.78. The van der Waals surface area contributed by atoms with Crippen molar-refractivity contribution in [2.24, 2.45) is 11.3 Å². The van der Waals surface area contributed by atoms with E-state index >= 15 is 0 Å². The van der Waals surface area contributed by atoms with Crippen molar-refractivity contribution in [3.05, 3.63) is 208 Å². The highest BCUT2D eigenvalue weighted by Crippen LogP contribution is 2.57. The molecular formula is C63H59NS. The highest BCUT2D eigenvalue weighted by atomic mass is 32.1. The Morgan fingerprint density at radius 2 is 1.23 bits per heavy atom. The van der Waals surface area contributed by atoms with Gasteiger partial charge >= 0.3 is 0 Å². The molecule has 1 heterocycles. The van der Waals surface area contributed by atoms with Crippen LogP contribution < -0.4 is 4.90 Å². The third-order valence-corrected chi connectivity index (χ3v) is 16.2. The summed E-state index contributed by atoms with van der Waals surface area (Å²) in [4.78, 5) is 2.47. The number of fused-ring (bicyclic) bond motifs is 7. The maximum Gasteiger partial charge on any atom is 0.0465 e. The highest BCUT2D eigenvalue weighted by Gasteiger charge is 2.42. The molecule has 0 N–H and O–H groups in total. The molecule has 5 aliphatic rings. The number of allylic oxidation sites excluding steroid dienone is 12. The summed E-state index contributed by atoms with van der Waals surface area (Å²) in [7, 11) is 0. The van der Waals surface area contributed by atoms with E-state index in [1.807, 2.05) is 25.2 Å². The van der Waals surface area contributed by atoms with E-state index in [-0.39, 0.29) is 10.8 Å². The van der Waals surface area contributed by atoms with E-state index in [9.17, 15) is 0 Å². The highest BCUT2D eigenvalue weighted by molar-refractivity contribution is 7.25. The Hall–Kier alpha value is -6.22. The van der Waals surface area contributed by atoms with Crippen LogP contribution in [0.5, 0.6) is 0 Å². The Morgan fingerprint density at radius 1 is 0.569 bits per heavy atom. The van der Waals surface area contributed by atoms with Crippen LogP contribution in [-0.4, -0.2) is 0 Å². The molecular weight excluding hydrogens is 803 g/mol. The van der Waals surface area contributed by atoms with Crippen LogP contribution in [0, 0.1) is 11.3 Å². The van der Waals surface area contributed by atoms with Gasteiger partial charge in [0.15, 0.2) is 0 Å². The predicted octanol–water partition coefficient (Wildman–Crippen LogP) is 18.7. The maximum atomic E-state index is 2.55. The molecule has 6 aromatic carbocycles. The van der Waals surface area contributed by atoms with Crippen molar-refractivity contribution < 1.29 is 0 Å². The zero-order valence-electron chi connectivity index (χ0n) is 39.1. The van der Waals surface area contributed by atoms with Crippen molar-refractivity contribution in [3.8, 4) is 22.3 Å². The van der Waals surface area contributed by atoms with Crippen molar-refractivity contribution in [1.82, 2.24) is 0 Å². The Balaban J connectivity index is 0.00000231. The van der Waals surface area contributed by atoms with Gasteiger partial charge in [-0.1, -0.05) is 152 Å². The smallest absolute Gasteiger partial charge is 0.0465 e. The van der Waals surface area contributed by atoms with Gasteiger partial charge in [0, 0.05) is 48.1 Å². The number of anilines is 3. The van der Waals surface area contributed by atoms with Crippen LogP contribution in [0.2, 0.25) is 0 Å². The van der Waals surface area contributed by atoms with E-state index in [2.05, 4.69) is 203 Å². The molecule has 0 bridgehead atoms. The average molecular weight is 862 g/mol. The lowest BCUT2D eigenvalue weighted by Gasteiger charge is -2.32. The zero-order valence-corrected chi connectivity index (χ0v) is 39.9. The van der Waals surface area contributed by atoms with E-state index in [4.69, 9.17) is 0 Å². The van der Waals surface area contributed by atoms with Crippen LogP contribution in [0.1, 0.15) is 103 Å². The first-order chi connectivity index (χ1) is 31.6. The molecule has 5 aliphatic carbocycles. The summed E-state index contributed by atoms with van der Waals surface area (Å²) in [6.07, 6.45) is 19.9. The van der Waals surface area contributed by atoms with Gasteiger partial charge in [-0.25, -0.2) is 0 Å². The average Bonchev–Trinajstić information content (AvgIpc) is 3.92. The van der Waals surface area contributed by atoms with Crippen LogP contribution in [0.15, 0.2) is 186 Å². The van der Waals surface area contributed by atoms with Gasteiger partial charge in [0.25, 0.3) is 0 Å². The van der Waals surface area contributed by atoms with Crippen molar-refractivity contribution in [3.63, 3.8) is 0 Å². The van der Waals surface area contributed by atoms with E-state index < -0.39 is 0 Å². The summed E-state index contributed by atoms with van der Waals surface area (Å²) in [5.41, 5.74) is 23.1. The van der Waals surface area contributed by atoms with Crippen LogP contribution in [0.4, 0.5) is 17.1 Å². The van der Waals surface area contributed by atoms with Gasteiger partial charge in [0.1, 0.15) is 0 Å². The van der Waals surface area contributed by atoms with E-state index in [0.717, 1.165) is 43.5 Å². The molecule has 322 valence electrons. The number of nitrogens with zero attached hydrogens (tertiary/aromatic N) is 1. The molecule has 0 amide bonds. The Kier molecular flexibility index (Phi) is 10.2. The summed E-state index contributed by atoms with van der Waals surface area (Å²) in [5.74, 6) is 0.597. The lowest BCUT2D eigenvalue weighted by molar-refractivity contribution is 0.475. The predicted molar refractivity (Wildman–Crippen MR) is 283 cm³/mol. The number of benzene rings is 6. The molecule has 0 spiro atoms. The van der Waals surface area contributed by atoms with Crippen molar-refractivity contribution >= 4 is 59.7 Å². The first kappa shape index (κ1) is 41.5. The summed E-state index contributed by atoms with van der Waals surface area (Å²) in [6.45, 7) is 16.1. The summed E-state index contributed by atoms with van der Waals surface area (Å²) >= 11 is 1.87. The summed E-state index contributed by atoms with van der Waals surface area (Å²) < 4.78 is 2.68. The van der Waals surface area contributed by atoms with E-state index in [1.54, 1.807) is 11.1 Å². The van der Waals surface area contributed by atoms with Gasteiger partial charge in [0.2, 0.25) is 0 Å². The second kappa shape index (κ2) is 16.0. The molecule has 12 rings (SSSR count). The second-order valence-electron chi connectivity index (χ2n) is 19.5. The SMILES string of the molecule is CC.CC1CC=CC2=C1C(C)(C)C1=C2CCC(c2ccc(N(c3ccc(-c4ccc5sc6ccccc6c5c4)cc3)c3ccc4c(c3)C(C)(C)c3cc(C5=CCCC=C5)ccc3-4)cc2)=C1. The Labute approximate surface area is 390 Å². The minimum absolute atomic E-state index is 0.0689. The number of hydrogen-bond donors (Lipinski definition) is 0. The standard InChI is InChI=1S/C61H53NS.C2H6/c1-38-12-11-16-52-50-31-23-44(36-55(50)61(4,5)59(38)52)41-20-27-46(28-21-41)62(45-25-18-40(19-26-45)42-24-33-58-53(34-42)51-15-9-10-17-57(51)63-58)47-29-32-49-48-30-22-43(39-13-7-6-8-14-39)35-54(48)60(2,3)56(49)37-47;1-2/h7,9-11,13-22,24-30,32-38H,6,8,12,23,31H2,1-5H3;1-2H3. The molecule has 7 aromatic rings. The molecule has 1 nitrogen and oxygen atoms in total. The van der Waals surface area contributed by atoms with Gasteiger partial charge in [-0.05, 0) is 177 Å². The molecule has 1 atom stereocenters. The minimum atomic E-state index is -0.143. The van der Waals surface area contributed by atoms with E-state index in [1.165, 1.54) is 92.7 Å². The largest absolute Gasteiger partial charge is 0.310 e. The molecule has 0 fully saturated rings. The number of thiophene rings is 1. The first-order valence-corrected chi connectivity index (χ1v) is 24.9. The number of rotatable bonds is 6.